The Bertz CT molecular complexity index is 1440. The van der Waals surface area contributed by atoms with Crippen LogP contribution < -0.4 is 16.0 Å². The molecule has 0 bridgehead atoms. The Morgan fingerprint density at radius 2 is 1.93 bits per heavy atom. The van der Waals surface area contributed by atoms with Crippen LogP contribution in [0.3, 0.4) is 0 Å². The molecule has 44 heavy (non-hydrogen) atoms. The van der Waals surface area contributed by atoms with Gasteiger partial charge in [-0.05, 0) is 63.0 Å². The number of fused-ring (bicyclic) bond motifs is 1. The number of benzene rings is 1. The van der Waals surface area contributed by atoms with Crippen molar-refractivity contribution in [2.45, 2.75) is 77.6 Å². The van der Waals surface area contributed by atoms with E-state index in [1.165, 1.54) is 5.56 Å². The maximum Gasteiger partial charge on any atom is 0.203 e. The summed E-state index contributed by atoms with van der Waals surface area (Å²) in [4.78, 5) is 7.53. The second-order valence-electron chi connectivity index (χ2n) is 13.1. The van der Waals surface area contributed by atoms with Gasteiger partial charge in [-0.2, -0.15) is 5.10 Å². The molecule has 3 heterocycles. The Hall–Kier alpha value is -3.25. The van der Waals surface area contributed by atoms with Crippen molar-refractivity contribution in [2.75, 3.05) is 25.7 Å². The fourth-order valence-electron chi connectivity index (χ4n) is 5.78. The van der Waals surface area contributed by atoms with Crippen molar-refractivity contribution in [1.82, 2.24) is 25.3 Å². The second-order valence-corrected chi connectivity index (χ2v) is 14.0. The van der Waals surface area contributed by atoms with E-state index in [-0.39, 0.29) is 23.4 Å². The van der Waals surface area contributed by atoms with Gasteiger partial charge in [0.15, 0.2) is 0 Å². The molecule has 5 rings (SSSR count). The number of aliphatic hydroxyl groups is 2. The first-order chi connectivity index (χ1) is 20.9. The summed E-state index contributed by atoms with van der Waals surface area (Å²) in [6.07, 6.45) is 8.29. The molecule has 5 atom stereocenters. The van der Waals surface area contributed by atoms with Crippen LogP contribution in [0.1, 0.15) is 58.2 Å². The Kier molecular flexibility index (Phi) is 9.79. The average molecular weight is 622 g/mol. The smallest absolute Gasteiger partial charge is 0.203 e. The minimum atomic E-state index is -1.04. The first kappa shape index (κ1) is 32.2. The summed E-state index contributed by atoms with van der Waals surface area (Å²) in [6, 6.07) is 10.4. The van der Waals surface area contributed by atoms with E-state index in [9.17, 15) is 10.2 Å². The number of thioether (sulfide) groups is 1. The van der Waals surface area contributed by atoms with E-state index in [1.54, 1.807) is 11.8 Å². The van der Waals surface area contributed by atoms with Crippen LogP contribution in [-0.4, -0.2) is 69.8 Å². The molecule has 1 aromatic heterocycles. The average Bonchev–Trinajstić information content (AvgIpc) is 3.38. The number of nitrogens with zero attached hydrogens (tertiary/aromatic N) is 4. The third kappa shape index (κ3) is 7.51. The van der Waals surface area contributed by atoms with Crippen molar-refractivity contribution in [2.24, 2.45) is 16.8 Å². The van der Waals surface area contributed by atoms with Crippen molar-refractivity contribution >= 4 is 23.4 Å². The zero-order valence-electron chi connectivity index (χ0n) is 26.8. The van der Waals surface area contributed by atoms with Crippen LogP contribution in [0.2, 0.25) is 0 Å². The topological polar surface area (TPSA) is 119 Å². The lowest BCUT2D eigenvalue weighted by atomic mass is 9.90. The molecule has 2 aromatic rings. The van der Waals surface area contributed by atoms with Gasteiger partial charge in [0.25, 0.3) is 0 Å². The van der Waals surface area contributed by atoms with E-state index in [1.807, 2.05) is 29.3 Å². The molecule has 11 heteroatoms. The molecule has 0 radical (unpaired) electrons. The minimum Gasteiger partial charge on any atom is -0.490 e. The van der Waals surface area contributed by atoms with Gasteiger partial charge in [-0.15, -0.1) is 11.8 Å². The third-order valence-corrected chi connectivity index (χ3v) is 8.87. The van der Waals surface area contributed by atoms with E-state index >= 15 is 0 Å². The van der Waals surface area contributed by atoms with E-state index < -0.39 is 12.6 Å². The van der Waals surface area contributed by atoms with Gasteiger partial charge in [0, 0.05) is 47.2 Å². The highest BCUT2D eigenvalue weighted by Gasteiger charge is 2.34. The molecule has 1 aliphatic carbocycles. The summed E-state index contributed by atoms with van der Waals surface area (Å²) >= 11 is 1.62. The van der Waals surface area contributed by atoms with Crippen LogP contribution in [0, 0.1) is 11.8 Å². The molecule has 1 aromatic carbocycles. The predicted octanol–water partition coefficient (Wildman–Crippen LogP) is 4.64. The number of hydrogen-bond acceptors (Lipinski definition) is 10. The molecular weight excluding hydrogens is 574 g/mol. The summed E-state index contributed by atoms with van der Waals surface area (Å²) < 4.78 is 8.38. The first-order valence-corrected chi connectivity index (χ1v) is 16.5. The van der Waals surface area contributed by atoms with Crippen LogP contribution in [0.4, 0.5) is 5.82 Å². The molecule has 2 aliphatic heterocycles. The lowest BCUT2D eigenvalue weighted by Crippen LogP contribution is -2.43. The van der Waals surface area contributed by atoms with Crippen LogP contribution in [-0.2, 0) is 16.7 Å². The molecule has 2 unspecified atom stereocenters. The molecule has 0 saturated heterocycles. The van der Waals surface area contributed by atoms with E-state index in [0.717, 1.165) is 46.5 Å². The zero-order valence-corrected chi connectivity index (χ0v) is 27.7. The highest BCUT2D eigenvalue weighted by molar-refractivity contribution is 8.02. The van der Waals surface area contributed by atoms with Gasteiger partial charge >= 0.3 is 0 Å². The Balaban J connectivity index is 1.33. The van der Waals surface area contributed by atoms with E-state index in [2.05, 4.69) is 98.0 Å². The van der Waals surface area contributed by atoms with Crippen molar-refractivity contribution in [3.05, 3.63) is 76.3 Å². The van der Waals surface area contributed by atoms with Crippen LogP contribution in [0.5, 0.6) is 0 Å². The number of hydrogen-bond donors (Lipinski definition) is 5. The first-order valence-electron chi connectivity index (χ1n) is 15.3. The SMILES string of the molecule is CSC1=C(NC(O)Nc2cc(C(C)(C)C)nn2-c2ccc(CN(C)C)cc2)[C@@H](C)CC(O[C@H]2C=CNC3=N[C@@H](O)CCC32)=C1. The lowest BCUT2D eigenvalue weighted by Gasteiger charge is -2.35. The number of anilines is 1. The highest BCUT2D eigenvalue weighted by Crippen LogP contribution is 2.36. The summed E-state index contributed by atoms with van der Waals surface area (Å²) in [5, 5.41) is 35.9. The number of amidine groups is 1. The van der Waals surface area contributed by atoms with Crippen LogP contribution in [0.25, 0.3) is 5.69 Å². The Morgan fingerprint density at radius 3 is 2.61 bits per heavy atom. The summed E-state index contributed by atoms with van der Waals surface area (Å²) in [6.45, 7) is 9.40. The zero-order chi connectivity index (χ0) is 31.6. The number of allylic oxidation sites excluding steroid dienone is 3. The molecule has 5 N–H and O–H groups in total. The number of aliphatic imine (C=N–C) groups is 1. The van der Waals surface area contributed by atoms with Gasteiger partial charge in [0.05, 0.1) is 23.1 Å². The Labute approximate surface area is 265 Å². The molecule has 238 valence electrons. The number of aliphatic hydroxyl groups excluding tert-OH is 2. The standard InChI is InChI=1S/C33H47N7O3S/c1-20-16-23(43-25-14-15-34-31-24(25)12-13-29(41)36-31)17-26(44-7)30(20)37-32(42)35-28-18-27(33(2,3)4)38-40(28)22-10-8-21(9-11-22)19-39(5)6/h8-11,14-15,17-18,20,24-25,29,32,35,37,41-42H,12-13,16,19H2,1-7H3,(H,34,36)/t20-,24?,25-,29-,32?/m0/s1. The minimum absolute atomic E-state index is 0.0962. The fraction of sp³-hybridized carbons (Fsp3) is 0.515. The molecule has 0 saturated carbocycles. The summed E-state index contributed by atoms with van der Waals surface area (Å²) in [5.41, 5.74) is 3.87. The number of aromatic nitrogens is 2. The predicted molar refractivity (Wildman–Crippen MR) is 178 cm³/mol. The van der Waals surface area contributed by atoms with Crippen molar-refractivity contribution in [1.29, 1.82) is 0 Å². The largest absolute Gasteiger partial charge is 0.490 e. The highest BCUT2D eigenvalue weighted by atomic mass is 32.2. The number of nitrogens with one attached hydrogen (secondary N) is 3. The Morgan fingerprint density at radius 1 is 1.18 bits per heavy atom. The van der Waals surface area contributed by atoms with Gasteiger partial charge in [-0.1, -0.05) is 39.8 Å². The normalized spacial score (nSPS) is 24.3. The fourth-order valence-corrected chi connectivity index (χ4v) is 6.51. The number of rotatable bonds is 10. The summed E-state index contributed by atoms with van der Waals surface area (Å²) in [7, 11) is 4.11. The van der Waals surface area contributed by atoms with Gasteiger partial charge in [0.1, 0.15) is 24.0 Å². The maximum atomic E-state index is 11.3. The van der Waals surface area contributed by atoms with E-state index in [0.29, 0.717) is 18.7 Å². The molecule has 3 aliphatic rings. The van der Waals surface area contributed by atoms with Gasteiger partial charge in [-0.25, -0.2) is 9.67 Å². The van der Waals surface area contributed by atoms with Gasteiger partial charge in [0.2, 0.25) is 6.35 Å². The van der Waals surface area contributed by atoms with Gasteiger partial charge in [-0.3, -0.25) is 0 Å². The quantitative estimate of drug-likeness (QED) is 0.242. The van der Waals surface area contributed by atoms with Crippen molar-refractivity contribution in [3.63, 3.8) is 0 Å². The van der Waals surface area contributed by atoms with Crippen LogP contribution >= 0.6 is 11.8 Å². The monoisotopic (exact) mass is 621 g/mol. The third-order valence-electron chi connectivity index (χ3n) is 8.09. The molecular formula is C33H47N7O3S. The number of ether oxygens (including phenoxy) is 1. The van der Waals surface area contributed by atoms with Crippen molar-refractivity contribution in [3.8, 4) is 5.69 Å². The molecule has 0 fully saturated rings. The van der Waals surface area contributed by atoms with E-state index in [4.69, 9.17) is 9.84 Å². The molecule has 0 amide bonds. The second kappa shape index (κ2) is 13.4. The van der Waals surface area contributed by atoms with Gasteiger partial charge < -0.3 is 35.8 Å². The van der Waals surface area contributed by atoms with Crippen molar-refractivity contribution < 1.29 is 14.9 Å². The summed E-state index contributed by atoms with van der Waals surface area (Å²) in [5.74, 6) is 2.59. The maximum absolute atomic E-state index is 11.3. The lowest BCUT2D eigenvalue weighted by molar-refractivity contribution is 0.0868. The molecule has 0 spiro atoms. The van der Waals surface area contributed by atoms with Crippen LogP contribution in [0.15, 0.2) is 70.0 Å². The molecule has 10 nitrogen and oxygen atoms in total.